The highest BCUT2D eigenvalue weighted by atomic mass is 16.5. The van der Waals surface area contributed by atoms with Crippen molar-refractivity contribution < 1.29 is 14.7 Å². The Bertz CT molecular complexity index is 208. The monoisotopic (exact) mass is 218 g/mol. The molecule has 7 heteroatoms. The van der Waals surface area contributed by atoms with Crippen LogP contribution in [0.25, 0.3) is 0 Å². The van der Waals surface area contributed by atoms with Crippen molar-refractivity contribution in [1.82, 2.24) is 5.32 Å². The summed E-state index contributed by atoms with van der Waals surface area (Å²) in [6.45, 7) is 1.64. The van der Waals surface area contributed by atoms with Gasteiger partial charge in [0.25, 0.3) is 0 Å². The normalized spacial score (nSPS) is 11.3. The van der Waals surface area contributed by atoms with Gasteiger partial charge in [0.15, 0.2) is 0 Å². The molecule has 15 heavy (non-hydrogen) atoms. The lowest BCUT2D eigenvalue weighted by Gasteiger charge is -2.04. The molecule has 0 bridgehead atoms. The molecule has 0 radical (unpaired) electrons. The van der Waals surface area contributed by atoms with Gasteiger partial charge in [-0.05, 0) is 19.4 Å². The molecule has 0 aromatic rings. The molecule has 7 nitrogen and oxygen atoms in total. The summed E-state index contributed by atoms with van der Waals surface area (Å²) in [6.07, 6.45) is 1.58. The van der Waals surface area contributed by atoms with Crippen LogP contribution in [0, 0.1) is 0 Å². The number of carbonyl (C=O) groups excluding carboxylic acids is 1. The van der Waals surface area contributed by atoms with Crippen molar-refractivity contribution in [2.75, 3.05) is 19.7 Å². The Morgan fingerprint density at radius 3 is 2.67 bits per heavy atom. The summed E-state index contributed by atoms with van der Waals surface area (Å²) in [5.41, 5.74) is 10.0. The Morgan fingerprint density at radius 1 is 1.33 bits per heavy atom. The fourth-order valence-electron chi connectivity index (χ4n) is 0.955. The van der Waals surface area contributed by atoms with E-state index < -0.39 is 6.09 Å². The molecule has 88 valence electrons. The number of carbonyl (C=O) groups is 1. The number of nitrogens with one attached hydrogen (secondary N) is 1. The molecule has 6 N–H and O–H groups in total. The topological polar surface area (TPSA) is 123 Å². The molecule has 0 unspecified atom stereocenters. The second-order valence-corrected chi connectivity index (χ2v) is 2.97. The molecule has 0 aromatic heterocycles. The first-order valence-electron chi connectivity index (χ1n) is 4.76. The van der Waals surface area contributed by atoms with Crippen molar-refractivity contribution in [3.63, 3.8) is 0 Å². The number of unbranched alkanes of at least 4 members (excludes halogenated alkanes) is 1. The number of rotatable bonds is 8. The number of oxime groups is 1. The Balaban J connectivity index is 3.08. The van der Waals surface area contributed by atoms with Crippen LogP contribution in [0.2, 0.25) is 0 Å². The summed E-state index contributed by atoms with van der Waals surface area (Å²) < 4.78 is 4.51. The molecule has 0 saturated heterocycles. The molecule has 0 atom stereocenters. The maximum atomic E-state index is 10.2. The number of amides is 1. The molecule has 0 aliphatic carbocycles. The van der Waals surface area contributed by atoms with Gasteiger partial charge in [-0.25, -0.2) is 4.79 Å². The fraction of sp³-hybridized carbons (Fsp3) is 0.750. The number of hydrogen-bond acceptors (Lipinski definition) is 5. The van der Waals surface area contributed by atoms with Gasteiger partial charge in [-0.1, -0.05) is 5.16 Å². The summed E-state index contributed by atoms with van der Waals surface area (Å²) in [7, 11) is 0. The van der Waals surface area contributed by atoms with E-state index in [2.05, 4.69) is 15.2 Å². The van der Waals surface area contributed by atoms with Crippen molar-refractivity contribution in [2.45, 2.75) is 19.3 Å². The average Bonchev–Trinajstić information content (AvgIpc) is 2.21. The van der Waals surface area contributed by atoms with Crippen LogP contribution in [-0.4, -0.2) is 36.8 Å². The highest BCUT2D eigenvalue weighted by molar-refractivity contribution is 5.79. The Hall–Kier alpha value is -1.50. The van der Waals surface area contributed by atoms with E-state index >= 15 is 0 Å². The van der Waals surface area contributed by atoms with E-state index in [4.69, 9.17) is 16.7 Å². The van der Waals surface area contributed by atoms with Crippen molar-refractivity contribution >= 4 is 11.9 Å². The van der Waals surface area contributed by atoms with Crippen LogP contribution in [0.3, 0.4) is 0 Å². The van der Waals surface area contributed by atoms with Gasteiger partial charge in [0.1, 0.15) is 12.4 Å². The highest BCUT2D eigenvalue weighted by Crippen LogP contribution is 1.93. The van der Waals surface area contributed by atoms with Crippen molar-refractivity contribution in [2.24, 2.45) is 16.6 Å². The van der Waals surface area contributed by atoms with Crippen molar-refractivity contribution in [3.8, 4) is 0 Å². The maximum Gasteiger partial charge on any atom is 0.404 e. The van der Waals surface area contributed by atoms with Crippen molar-refractivity contribution in [3.05, 3.63) is 0 Å². The summed E-state index contributed by atoms with van der Waals surface area (Å²) in [5, 5.41) is 14.2. The molecule has 0 aromatic carbocycles. The molecule has 0 aliphatic rings. The number of amidine groups is 1. The number of nitrogens with two attached hydrogens (primary N) is 2. The van der Waals surface area contributed by atoms with E-state index in [-0.39, 0.29) is 12.4 Å². The van der Waals surface area contributed by atoms with Crippen LogP contribution >= 0.6 is 0 Å². The zero-order chi connectivity index (χ0) is 11.5. The quantitative estimate of drug-likeness (QED) is 0.145. The highest BCUT2D eigenvalue weighted by Gasteiger charge is 1.95. The van der Waals surface area contributed by atoms with Gasteiger partial charge in [-0.15, -0.1) is 0 Å². The third-order valence-corrected chi connectivity index (χ3v) is 1.69. The van der Waals surface area contributed by atoms with Crippen LogP contribution in [0.5, 0.6) is 0 Å². The Morgan fingerprint density at radius 2 is 2.07 bits per heavy atom. The van der Waals surface area contributed by atoms with Gasteiger partial charge in [0, 0.05) is 13.0 Å². The first kappa shape index (κ1) is 13.5. The second-order valence-electron chi connectivity index (χ2n) is 2.97. The third kappa shape index (κ3) is 10.4. The minimum atomic E-state index is -0.760. The van der Waals surface area contributed by atoms with E-state index in [1.807, 2.05) is 0 Å². The molecule has 0 heterocycles. The smallest absolute Gasteiger partial charge is 0.404 e. The van der Waals surface area contributed by atoms with Gasteiger partial charge in [-0.2, -0.15) is 0 Å². The van der Waals surface area contributed by atoms with Crippen LogP contribution in [0.15, 0.2) is 5.16 Å². The largest absolute Gasteiger partial charge is 0.448 e. The lowest BCUT2D eigenvalue weighted by atomic mass is 10.2. The van der Waals surface area contributed by atoms with Gasteiger partial charge < -0.3 is 26.7 Å². The van der Waals surface area contributed by atoms with Gasteiger partial charge >= 0.3 is 6.09 Å². The molecule has 1 amide bonds. The average molecular weight is 218 g/mol. The molecule has 0 spiro atoms. The SMILES string of the molecule is NC(=O)OCCNCCCCC(N)=NO. The number of ether oxygens (including phenoxy) is 1. The summed E-state index contributed by atoms with van der Waals surface area (Å²) >= 11 is 0. The van der Waals surface area contributed by atoms with Crippen LogP contribution in [0.1, 0.15) is 19.3 Å². The van der Waals surface area contributed by atoms with E-state index in [1.165, 1.54) is 0 Å². The third-order valence-electron chi connectivity index (χ3n) is 1.69. The Kier molecular flexibility index (Phi) is 8.16. The van der Waals surface area contributed by atoms with Gasteiger partial charge in [0.2, 0.25) is 0 Å². The minimum absolute atomic E-state index is 0.243. The lowest BCUT2D eigenvalue weighted by molar-refractivity contribution is 0.157. The lowest BCUT2D eigenvalue weighted by Crippen LogP contribution is -2.24. The minimum Gasteiger partial charge on any atom is -0.448 e. The zero-order valence-electron chi connectivity index (χ0n) is 8.61. The van der Waals surface area contributed by atoms with Gasteiger partial charge in [0.05, 0.1) is 0 Å². The van der Waals surface area contributed by atoms with E-state index in [9.17, 15) is 4.79 Å². The summed E-state index contributed by atoms with van der Waals surface area (Å²) in [4.78, 5) is 10.2. The Labute approximate surface area is 88.4 Å². The van der Waals surface area contributed by atoms with Crippen LogP contribution in [-0.2, 0) is 4.74 Å². The second kappa shape index (κ2) is 9.07. The molecule has 0 aliphatic heterocycles. The predicted octanol–water partition coefficient (Wildman–Crippen LogP) is -0.412. The number of hydrogen-bond donors (Lipinski definition) is 4. The molecule has 0 saturated carbocycles. The first-order valence-corrected chi connectivity index (χ1v) is 4.76. The zero-order valence-corrected chi connectivity index (χ0v) is 8.61. The molecular formula is C8H18N4O3. The van der Waals surface area contributed by atoms with Gasteiger partial charge in [-0.3, -0.25) is 0 Å². The number of primary amides is 1. The first-order chi connectivity index (χ1) is 7.16. The van der Waals surface area contributed by atoms with E-state index in [0.717, 1.165) is 19.4 Å². The molecule has 0 rings (SSSR count). The van der Waals surface area contributed by atoms with E-state index in [1.54, 1.807) is 0 Å². The number of nitrogens with zero attached hydrogens (tertiary/aromatic N) is 1. The van der Waals surface area contributed by atoms with E-state index in [0.29, 0.717) is 13.0 Å². The summed E-state index contributed by atoms with van der Waals surface area (Å²) in [6, 6.07) is 0. The maximum absolute atomic E-state index is 10.2. The molecular weight excluding hydrogens is 200 g/mol. The fourth-order valence-corrected chi connectivity index (χ4v) is 0.955. The predicted molar refractivity (Wildman–Crippen MR) is 55.7 cm³/mol. The van der Waals surface area contributed by atoms with Crippen LogP contribution in [0.4, 0.5) is 4.79 Å². The molecule has 0 fully saturated rings. The standard InChI is InChI=1S/C8H18N4O3/c9-7(12-14)3-1-2-4-11-5-6-15-8(10)13/h11,14H,1-6H2,(H2,9,12)(H2,10,13). The van der Waals surface area contributed by atoms with Crippen molar-refractivity contribution in [1.29, 1.82) is 0 Å². The van der Waals surface area contributed by atoms with Crippen LogP contribution < -0.4 is 16.8 Å². The summed E-state index contributed by atoms with van der Waals surface area (Å²) in [5.74, 6) is 0.243.